The highest BCUT2D eigenvalue weighted by molar-refractivity contribution is 5.92. The van der Waals surface area contributed by atoms with Crippen molar-refractivity contribution in [1.82, 2.24) is 9.88 Å². The molecule has 1 heterocycles. The molecule has 0 saturated heterocycles. The van der Waals surface area contributed by atoms with Gasteiger partial charge in [0, 0.05) is 19.3 Å². The molecule has 1 amide bonds. The van der Waals surface area contributed by atoms with Crippen molar-refractivity contribution in [2.45, 2.75) is 19.8 Å². The summed E-state index contributed by atoms with van der Waals surface area (Å²) in [6.07, 6.45) is 3.19. The molecule has 0 N–H and O–H groups in total. The summed E-state index contributed by atoms with van der Waals surface area (Å²) in [7, 11) is 0. The van der Waals surface area contributed by atoms with Gasteiger partial charge in [0.15, 0.2) is 0 Å². The van der Waals surface area contributed by atoms with E-state index < -0.39 is 0 Å². The molecule has 1 aromatic heterocycles. The maximum atomic E-state index is 12.9. The van der Waals surface area contributed by atoms with E-state index in [1.807, 2.05) is 36.1 Å². The fourth-order valence-corrected chi connectivity index (χ4v) is 3.11. The van der Waals surface area contributed by atoms with Crippen molar-refractivity contribution in [3.63, 3.8) is 0 Å². The van der Waals surface area contributed by atoms with Crippen LogP contribution in [0.3, 0.4) is 0 Å². The molecule has 3 rings (SSSR count). The molecule has 0 unspecified atom stereocenters. The van der Waals surface area contributed by atoms with E-state index in [0.29, 0.717) is 25.4 Å². The summed E-state index contributed by atoms with van der Waals surface area (Å²) in [6.45, 7) is 3.37. The molecule has 1 fully saturated rings. The van der Waals surface area contributed by atoms with Gasteiger partial charge in [-0.05, 0) is 43.4 Å². The summed E-state index contributed by atoms with van der Waals surface area (Å²) >= 11 is 0. The van der Waals surface area contributed by atoms with E-state index in [1.165, 1.54) is 5.56 Å². The summed E-state index contributed by atoms with van der Waals surface area (Å²) in [6, 6.07) is 15.4. The van der Waals surface area contributed by atoms with Crippen LogP contribution in [0.4, 0.5) is 0 Å². The first-order valence-electron chi connectivity index (χ1n) is 9.10. The van der Waals surface area contributed by atoms with Gasteiger partial charge in [-0.2, -0.15) is 0 Å². The highest BCUT2D eigenvalue weighted by Gasteiger charge is 2.45. The maximum Gasteiger partial charge on any atom is 0.309 e. The Labute approximate surface area is 154 Å². The summed E-state index contributed by atoms with van der Waals surface area (Å²) in [5, 5.41) is 0. The molecule has 1 saturated carbocycles. The van der Waals surface area contributed by atoms with Gasteiger partial charge in [0.1, 0.15) is 5.69 Å². The number of carbonyl (C=O) groups is 2. The molecule has 1 aromatic carbocycles. The van der Waals surface area contributed by atoms with Gasteiger partial charge in [-0.25, -0.2) is 0 Å². The van der Waals surface area contributed by atoms with E-state index in [1.54, 1.807) is 18.3 Å². The fraction of sp³-hybridized carbons (Fsp3) is 0.381. The smallest absolute Gasteiger partial charge is 0.309 e. The molecule has 1 aliphatic carbocycles. The number of benzene rings is 1. The normalized spacial score (nSPS) is 18.2. The van der Waals surface area contributed by atoms with Gasteiger partial charge in [0.2, 0.25) is 0 Å². The first kappa shape index (κ1) is 18.1. The molecule has 0 radical (unpaired) electrons. The van der Waals surface area contributed by atoms with Crippen LogP contribution in [0.5, 0.6) is 0 Å². The third-order valence-corrected chi connectivity index (χ3v) is 4.65. The molecular formula is C21H24N2O3. The highest BCUT2D eigenvalue weighted by atomic mass is 16.5. The quantitative estimate of drug-likeness (QED) is 0.686. The van der Waals surface area contributed by atoms with Crippen LogP contribution >= 0.6 is 0 Å². The van der Waals surface area contributed by atoms with Gasteiger partial charge in [-0.3, -0.25) is 14.6 Å². The average Bonchev–Trinajstić information content (AvgIpc) is 3.46. The second-order valence-electron chi connectivity index (χ2n) is 6.56. The topological polar surface area (TPSA) is 59.5 Å². The van der Waals surface area contributed by atoms with Crippen molar-refractivity contribution >= 4 is 11.9 Å². The Balaban J connectivity index is 1.66. The highest BCUT2D eigenvalue weighted by Crippen LogP contribution is 2.40. The van der Waals surface area contributed by atoms with Crippen LogP contribution in [0.25, 0.3) is 0 Å². The predicted octanol–water partition coefficient (Wildman–Crippen LogP) is 2.97. The lowest BCUT2D eigenvalue weighted by Gasteiger charge is -2.22. The Morgan fingerprint density at radius 3 is 2.62 bits per heavy atom. The van der Waals surface area contributed by atoms with E-state index in [2.05, 4.69) is 17.1 Å². The number of pyridine rings is 1. The molecule has 136 valence electrons. The summed E-state index contributed by atoms with van der Waals surface area (Å²) in [4.78, 5) is 30.8. The van der Waals surface area contributed by atoms with E-state index in [4.69, 9.17) is 4.74 Å². The van der Waals surface area contributed by atoms with E-state index in [9.17, 15) is 9.59 Å². The van der Waals surface area contributed by atoms with Crippen LogP contribution in [0.15, 0.2) is 54.7 Å². The van der Waals surface area contributed by atoms with Crippen molar-refractivity contribution in [1.29, 1.82) is 0 Å². The van der Waals surface area contributed by atoms with Crippen LogP contribution in [0, 0.1) is 11.8 Å². The number of hydrogen-bond donors (Lipinski definition) is 0. The zero-order chi connectivity index (χ0) is 18.4. The lowest BCUT2D eigenvalue weighted by molar-refractivity contribution is -0.145. The van der Waals surface area contributed by atoms with Gasteiger partial charge >= 0.3 is 5.97 Å². The van der Waals surface area contributed by atoms with Crippen molar-refractivity contribution in [2.24, 2.45) is 11.8 Å². The largest absolute Gasteiger partial charge is 0.466 e. The molecule has 0 aliphatic heterocycles. The van der Waals surface area contributed by atoms with E-state index >= 15 is 0 Å². The number of amides is 1. The van der Waals surface area contributed by atoms with Crippen molar-refractivity contribution in [2.75, 3.05) is 19.7 Å². The van der Waals surface area contributed by atoms with E-state index in [-0.39, 0.29) is 23.7 Å². The summed E-state index contributed by atoms with van der Waals surface area (Å²) in [5.41, 5.74) is 1.62. The number of carbonyl (C=O) groups excluding carboxylic acids is 2. The standard InChI is InChI=1S/C21H24N2O3/c1-2-26-21(25)18-14-17(18)15-23(13-11-16-8-4-3-5-9-16)20(24)19-10-6-7-12-22-19/h3-10,12,17-18H,2,11,13-15H2,1H3/t17-,18+/m0/s1. The Hall–Kier alpha value is -2.69. The molecule has 0 spiro atoms. The minimum absolute atomic E-state index is 0.0780. The monoisotopic (exact) mass is 352 g/mol. The minimum Gasteiger partial charge on any atom is -0.466 e. The molecule has 2 aromatic rings. The molecule has 0 bridgehead atoms. The van der Waals surface area contributed by atoms with Crippen molar-refractivity contribution in [3.05, 3.63) is 66.0 Å². The van der Waals surface area contributed by atoms with Crippen molar-refractivity contribution < 1.29 is 14.3 Å². The third-order valence-electron chi connectivity index (χ3n) is 4.65. The number of nitrogens with zero attached hydrogens (tertiary/aromatic N) is 2. The van der Waals surface area contributed by atoms with Crippen molar-refractivity contribution in [3.8, 4) is 0 Å². The zero-order valence-corrected chi connectivity index (χ0v) is 15.0. The lowest BCUT2D eigenvalue weighted by Crippen LogP contribution is -2.35. The number of hydrogen-bond acceptors (Lipinski definition) is 4. The third kappa shape index (κ3) is 4.69. The predicted molar refractivity (Wildman–Crippen MR) is 98.5 cm³/mol. The Morgan fingerprint density at radius 2 is 1.92 bits per heavy atom. The number of ether oxygens (including phenoxy) is 1. The molecule has 5 heteroatoms. The second kappa shape index (κ2) is 8.61. The molecular weight excluding hydrogens is 328 g/mol. The Kier molecular flexibility index (Phi) is 6.00. The van der Waals surface area contributed by atoms with Crippen LogP contribution in [0.2, 0.25) is 0 Å². The second-order valence-corrected chi connectivity index (χ2v) is 6.56. The van der Waals surface area contributed by atoms with E-state index in [0.717, 1.165) is 12.8 Å². The minimum atomic E-state index is -0.147. The Morgan fingerprint density at radius 1 is 1.15 bits per heavy atom. The summed E-state index contributed by atoms with van der Waals surface area (Å²) < 4.78 is 5.10. The molecule has 1 aliphatic rings. The molecule has 2 atom stereocenters. The number of aromatic nitrogens is 1. The van der Waals surface area contributed by atoms with Crippen LogP contribution < -0.4 is 0 Å². The first-order chi connectivity index (χ1) is 12.7. The van der Waals surface area contributed by atoms with Crippen LogP contribution in [-0.4, -0.2) is 41.5 Å². The zero-order valence-electron chi connectivity index (χ0n) is 15.0. The van der Waals surface area contributed by atoms with Gasteiger partial charge in [-0.1, -0.05) is 36.4 Å². The summed E-state index contributed by atoms with van der Waals surface area (Å²) in [5.74, 6) is -0.134. The Bertz CT molecular complexity index is 733. The van der Waals surface area contributed by atoms with Gasteiger partial charge in [0.05, 0.1) is 12.5 Å². The number of esters is 1. The first-order valence-corrected chi connectivity index (χ1v) is 9.10. The average molecular weight is 352 g/mol. The van der Waals surface area contributed by atoms with Gasteiger partial charge < -0.3 is 9.64 Å². The van der Waals surface area contributed by atoms with Crippen LogP contribution in [-0.2, 0) is 16.0 Å². The molecule has 5 nitrogen and oxygen atoms in total. The molecule has 26 heavy (non-hydrogen) atoms. The lowest BCUT2D eigenvalue weighted by atomic mass is 10.1. The van der Waals surface area contributed by atoms with Gasteiger partial charge in [-0.15, -0.1) is 0 Å². The number of rotatable bonds is 8. The van der Waals surface area contributed by atoms with Gasteiger partial charge in [0.25, 0.3) is 5.91 Å². The maximum absolute atomic E-state index is 12.9. The SMILES string of the molecule is CCOC(=O)[C@@H]1C[C@H]1CN(CCc1ccccc1)C(=O)c1ccccn1. The van der Waals surface area contributed by atoms with Crippen LogP contribution in [0.1, 0.15) is 29.4 Å². The fourth-order valence-electron chi connectivity index (χ4n) is 3.11.